The molecule has 0 saturated heterocycles. The van der Waals surface area contributed by atoms with E-state index in [9.17, 15) is 0 Å². The number of hydrogen-bond donors (Lipinski definition) is 1. The van der Waals surface area contributed by atoms with E-state index < -0.39 is 0 Å². The molecular weight excluding hydrogens is 148 g/mol. The van der Waals surface area contributed by atoms with Crippen molar-refractivity contribution in [3.05, 3.63) is 28.8 Å². The molecule has 0 radical (unpaired) electrons. The van der Waals surface area contributed by atoms with Crippen molar-refractivity contribution in [2.75, 3.05) is 0 Å². The van der Waals surface area contributed by atoms with E-state index >= 15 is 0 Å². The van der Waals surface area contributed by atoms with Gasteiger partial charge in [0.1, 0.15) is 0 Å². The average Bonchev–Trinajstić information content (AvgIpc) is 2.42. The smallest absolute Gasteiger partial charge is 0.0709 e. The average molecular weight is 160 g/mol. The van der Waals surface area contributed by atoms with Crippen molar-refractivity contribution in [1.29, 1.82) is 0 Å². The lowest BCUT2D eigenvalue weighted by molar-refractivity contribution is 0.992. The zero-order chi connectivity index (χ0) is 8.72. The van der Waals surface area contributed by atoms with Gasteiger partial charge in [0.05, 0.1) is 11.7 Å². The van der Waals surface area contributed by atoms with Crippen LogP contribution in [0.3, 0.4) is 0 Å². The van der Waals surface area contributed by atoms with Crippen molar-refractivity contribution >= 4 is 11.9 Å². The van der Waals surface area contributed by atoms with Gasteiger partial charge in [-0.05, 0) is 25.0 Å². The second kappa shape index (κ2) is 2.42. The third kappa shape index (κ3) is 0.883. The Balaban J connectivity index is 2.71. The third-order valence-electron chi connectivity index (χ3n) is 2.33. The largest absolute Gasteiger partial charge is 0.319 e. The van der Waals surface area contributed by atoms with Crippen LogP contribution in [0.15, 0.2) is 17.1 Å². The summed E-state index contributed by atoms with van der Waals surface area (Å²) in [5, 5.41) is 0. The maximum Gasteiger partial charge on any atom is 0.0709 e. The molecule has 0 bridgehead atoms. The highest BCUT2D eigenvalue weighted by molar-refractivity contribution is 5.82. The first kappa shape index (κ1) is 7.50. The number of nitrogens with zero attached hydrogens (tertiary/aromatic N) is 1. The maximum absolute atomic E-state index is 5.87. The first-order chi connectivity index (χ1) is 5.70. The Hall–Kier alpha value is -1.15. The lowest BCUT2D eigenvalue weighted by Gasteiger charge is -2.08. The second-order valence-electron chi connectivity index (χ2n) is 3.27. The van der Waals surface area contributed by atoms with Crippen molar-refractivity contribution in [2.45, 2.75) is 19.9 Å². The minimum Gasteiger partial charge on any atom is -0.319 e. The Bertz CT molecular complexity index is 353. The van der Waals surface area contributed by atoms with E-state index in [2.05, 4.69) is 31.0 Å². The highest BCUT2D eigenvalue weighted by Crippen LogP contribution is 2.34. The van der Waals surface area contributed by atoms with Gasteiger partial charge < -0.3 is 5.73 Å². The molecule has 2 N–H and O–H groups in total. The van der Waals surface area contributed by atoms with Crippen LogP contribution in [0.2, 0.25) is 0 Å². The minimum absolute atomic E-state index is 0.0000926. The summed E-state index contributed by atoms with van der Waals surface area (Å²) < 4.78 is 0. The van der Waals surface area contributed by atoms with E-state index in [1.165, 1.54) is 16.7 Å². The number of benzene rings is 1. The van der Waals surface area contributed by atoms with Crippen molar-refractivity contribution < 1.29 is 0 Å². The number of rotatable bonds is 0. The quantitative estimate of drug-likeness (QED) is 0.619. The number of aliphatic imine (C=N–C) groups is 1. The Labute approximate surface area is 72.1 Å². The van der Waals surface area contributed by atoms with Gasteiger partial charge >= 0.3 is 0 Å². The lowest BCUT2D eigenvalue weighted by Crippen LogP contribution is -2.09. The monoisotopic (exact) mass is 160 g/mol. The molecule has 62 valence electrons. The van der Waals surface area contributed by atoms with E-state index in [1.54, 1.807) is 0 Å². The van der Waals surface area contributed by atoms with Crippen LogP contribution in [0.25, 0.3) is 0 Å². The Kier molecular flexibility index (Phi) is 1.51. The molecule has 1 aromatic carbocycles. The summed E-state index contributed by atoms with van der Waals surface area (Å²) >= 11 is 0. The van der Waals surface area contributed by atoms with E-state index in [0.29, 0.717) is 0 Å². The Morgan fingerprint density at radius 3 is 2.58 bits per heavy atom. The van der Waals surface area contributed by atoms with Crippen LogP contribution in [-0.2, 0) is 0 Å². The molecule has 1 atom stereocenters. The van der Waals surface area contributed by atoms with Crippen molar-refractivity contribution in [3.8, 4) is 0 Å². The first-order valence-corrected chi connectivity index (χ1v) is 4.10. The topological polar surface area (TPSA) is 38.4 Å². The summed E-state index contributed by atoms with van der Waals surface area (Å²) in [6, 6.07) is 4.19. The first-order valence-electron chi connectivity index (χ1n) is 4.10. The van der Waals surface area contributed by atoms with Gasteiger partial charge in [-0.25, -0.2) is 0 Å². The standard InChI is InChI=1S/C10H12N2/c1-6-3-4-7(2)10-9(6)8(11)5-12-10/h3-5,8H,11H2,1-2H3. The van der Waals surface area contributed by atoms with Gasteiger partial charge in [-0.2, -0.15) is 0 Å². The van der Waals surface area contributed by atoms with Crippen molar-refractivity contribution in [3.63, 3.8) is 0 Å². The maximum atomic E-state index is 5.87. The molecule has 2 heteroatoms. The number of fused-ring (bicyclic) bond motifs is 1. The number of aryl methyl sites for hydroxylation is 2. The van der Waals surface area contributed by atoms with Gasteiger partial charge in [0.25, 0.3) is 0 Å². The van der Waals surface area contributed by atoms with Crippen molar-refractivity contribution in [1.82, 2.24) is 0 Å². The predicted octanol–water partition coefficient (Wildman–Crippen LogP) is 2.02. The van der Waals surface area contributed by atoms with Gasteiger partial charge in [0.15, 0.2) is 0 Å². The molecule has 0 aliphatic carbocycles. The number of nitrogens with two attached hydrogens (primary N) is 1. The predicted molar refractivity (Wildman–Crippen MR) is 51.0 cm³/mol. The SMILES string of the molecule is Cc1ccc(C)c2c1N=CC2N. The van der Waals surface area contributed by atoms with Crippen LogP contribution >= 0.6 is 0 Å². The fourth-order valence-corrected chi connectivity index (χ4v) is 1.64. The van der Waals surface area contributed by atoms with Crippen LogP contribution in [0.4, 0.5) is 5.69 Å². The highest BCUT2D eigenvalue weighted by atomic mass is 14.8. The summed E-state index contributed by atoms with van der Waals surface area (Å²) in [4.78, 5) is 4.29. The normalized spacial score (nSPS) is 19.8. The summed E-state index contributed by atoms with van der Waals surface area (Å²) in [6.07, 6.45) is 1.81. The molecule has 2 rings (SSSR count). The van der Waals surface area contributed by atoms with Crippen LogP contribution in [0, 0.1) is 13.8 Å². The molecule has 0 amide bonds. The van der Waals surface area contributed by atoms with Gasteiger partial charge in [-0.15, -0.1) is 0 Å². The molecule has 0 spiro atoms. The van der Waals surface area contributed by atoms with Crippen LogP contribution in [-0.4, -0.2) is 6.21 Å². The molecule has 1 aliphatic heterocycles. The van der Waals surface area contributed by atoms with E-state index in [4.69, 9.17) is 5.73 Å². The Morgan fingerprint density at radius 2 is 1.92 bits per heavy atom. The van der Waals surface area contributed by atoms with Gasteiger partial charge in [-0.1, -0.05) is 12.1 Å². The van der Waals surface area contributed by atoms with Gasteiger partial charge in [0, 0.05) is 11.8 Å². The molecule has 0 aromatic heterocycles. The van der Waals surface area contributed by atoms with E-state index in [1.807, 2.05) is 6.21 Å². The van der Waals surface area contributed by atoms with Gasteiger partial charge in [-0.3, -0.25) is 4.99 Å². The molecule has 1 aromatic rings. The second-order valence-corrected chi connectivity index (χ2v) is 3.27. The Morgan fingerprint density at radius 1 is 1.25 bits per heavy atom. The lowest BCUT2D eigenvalue weighted by atomic mass is 10.00. The summed E-state index contributed by atoms with van der Waals surface area (Å²) in [5.74, 6) is 0. The summed E-state index contributed by atoms with van der Waals surface area (Å²) in [7, 11) is 0. The molecule has 1 heterocycles. The summed E-state index contributed by atoms with van der Waals surface area (Å²) in [5.41, 5.74) is 10.6. The summed E-state index contributed by atoms with van der Waals surface area (Å²) in [6.45, 7) is 4.14. The van der Waals surface area contributed by atoms with Crippen LogP contribution in [0.1, 0.15) is 22.7 Å². The zero-order valence-electron chi connectivity index (χ0n) is 7.33. The third-order valence-corrected chi connectivity index (χ3v) is 2.33. The number of hydrogen-bond acceptors (Lipinski definition) is 2. The fourth-order valence-electron chi connectivity index (χ4n) is 1.64. The zero-order valence-corrected chi connectivity index (χ0v) is 7.33. The molecule has 0 fully saturated rings. The fraction of sp³-hybridized carbons (Fsp3) is 0.300. The molecule has 2 nitrogen and oxygen atoms in total. The molecule has 1 unspecified atom stereocenters. The van der Waals surface area contributed by atoms with E-state index in [0.717, 1.165) is 5.69 Å². The van der Waals surface area contributed by atoms with Crippen LogP contribution < -0.4 is 5.73 Å². The molecule has 1 aliphatic rings. The highest BCUT2D eigenvalue weighted by Gasteiger charge is 2.18. The van der Waals surface area contributed by atoms with E-state index in [-0.39, 0.29) is 6.04 Å². The van der Waals surface area contributed by atoms with Crippen molar-refractivity contribution in [2.24, 2.45) is 10.7 Å². The molecule has 12 heavy (non-hydrogen) atoms. The molecule has 0 saturated carbocycles. The molecular formula is C10H12N2. The van der Waals surface area contributed by atoms with Gasteiger partial charge in [0.2, 0.25) is 0 Å². The van der Waals surface area contributed by atoms with Crippen LogP contribution in [0.5, 0.6) is 0 Å². The minimum atomic E-state index is -0.0000926.